The molecule has 3 aliphatic rings. The monoisotopic (exact) mass is 299 g/mol. The summed E-state index contributed by atoms with van der Waals surface area (Å²) in [6.45, 7) is 6.29. The maximum Gasteiger partial charge on any atom is 0.227 e. The molecule has 0 radical (unpaired) electrons. The van der Waals surface area contributed by atoms with Crippen LogP contribution in [0.1, 0.15) is 46.5 Å². The quantitative estimate of drug-likeness (QED) is 0.781. The molecule has 6 nitrogen and oxygen atoms in total. The van der Waals surface area contributed by atoms with Gasteiger partial charge in [0.25, 0.3) is 0 Å². The Bertz CT molecular complexity index is 411. The molecule has 3 rings (SSSR count). The van der Waals surface area contributed by atoms with Crippen LogP contribution in [0.15, 0.2) is 4.99 Å². The first-order valence-corrected chi connectivity index (χ1v) is 7.89. The summed E-state index contributed by atoms with van der Waals surface area (Å²) in [5.41, 5.74) is 0. The molecular weight excluding hydrogens is 274 g/mol. The fourth-order valence-electron chi connectivity index (χ4n) is 3.07. The summed E-state index contributed by atoms with van der Waals surface area (Å²) < 4.78 is 22.8. The van der Waals surface area contributed by atoms with E-state index in [1.54, 1.807) is 0 Å². The molecule has 3 aliphatic heterocycles. The Hall–Kier alpha value is -0.690. The number of fused-ring (bicyclic) bond motifs is 1. The molecule has 6 heteroatoms. The SMILES string of the molecule is CCCCCC1=N[C@H]2[C@@H](O1)O[C@H]([C@H]1COC(C)(C)O1)[C@@H]2O. The second kappa shape index (κ2) is 5.83. The van der Waals surface area contributed by atoms with Crippen molar-refractivity contribution in [2.45, 2.75) is 82.9 Å². The van der Waals surface area contributed by atoms with E-state index in [2.05, 4.69) is 11.9 Å². The minimum absolute atomic E-state index is 0.275. The molecule has 0 aliphatic carbocycles. The molecule has 0 spiro atoms. The third-order valence-electron chi connectivity index (χ3n) is 4.19. The zero-order valence-corrected chi connectivity index (χ0v) is 12.9. The van der Waals surface area contributed by atoms with Gasteiger partial charge in [0.05, 0.1) is 6.61 Å². The van der Waals surface area contributed by atoms with E-state index in [-0.39, 0.29) is 12.1 Å². The Balaban J connectivity index is 1.57. The zero-order chi connectivity index (χ0) is 15.0. The maximum absolute atomic E-state index is 10.4. The van der Waals surface area contributed by atoms with Gasteiger partial charge in [-0.1, -0.05) is 19.8 Å². The van der Waals surface area contributed by atoms with Crippen LogP contribution >= 0.6 is 0 Å². The second-order valence-corrected chi connectivity index (χ2v) is 6.42. The molecule has 0 saturated carbocycles. The fraction of sp³-hybridized carbons (Fsp3) is 0.933. The molecule has 2 fully saturated rings. The summed E-state index contributed by atoms with van der Waals surface area (Å²) in [5.74, 6) is 0.0841. The molecule has 0 unspecified atom stereocenters. The number of unbranched alkanes of at least 4 members (excludes halogenated alkanes) is 2. The van der Waals surface area contributed by atoms with Crippen molar-refractivity contribution in [1.82, 2.24) is 0 Å². The van der Waals surface area contributed by atoms with Gasteiger partial charge >= 0.3 is 0 Å². The van der Waals surface area contributed by atoms with Gasteiger partial charge in [0.15, 0.2) is 11.7 Å². The lowest BCUT2D eigenvalue weighted by molar-refractivity contribution is -0.172. The van der Waals surface area contributed by atoms with Gasteiger partial charge in [-0.05, 0) is 20.3 Å². The smallest absolute Gasteiger partial charge is 0.227 e. The Morgan fingerprint density at radius 1 is 1.33 bits per heavy atom. The third-order valence-corrected chi connectivity index (χ3v) is 4.19. The summed E-state index contributed by atoms with van der Waals surface area (Å²) in [7, 11) is 0. The predicted molar refractivity (Wildman–Crippen MR) is 76.0 cm³/mol. The molecule has 1 N–H and O–H groups in total. The first kappa shape index (κ1) is 15.2. The summed E-state index contributed by atoms with van der Waals surface area (Å²) in [4.78, 5) is 4.48. The summed E-state index contributed by atoms with van der Waals surface area (Å²) in [6.07, 6.45) is 2.29. The van der Waals surface area contributed by atoms with Gasteiger partial charge in [-0.15, -0.1) is 0 Å². The Morgan fingerprint density at radius 3 is 2.76 bits per heavy atom. The van der Waals surface area contributed by atoms with E-state index >= 15 is 0 Å². The molecule has 0 aromatic rings. The van der Waals surface area contributed by atoms with Crippen LogP contribution in [-0.4, -0.2) is 54.0 Å². The van der Waals surface area contributed by atoms with Crippen LogP contribution in [0.3, 0.4) is 0 Å². The number of rotatable bonds is 5. The highest BCUT2D eigenvalue weighted by Gasteiger charge is 2.54. The van der Waals surface area contributed by atoms with Gasteiger partial charge in [-0.3, -0.25) is 0 Å². The van der Waals surface area contributed by atoms with E-state index in [0.29, 0.717) is 12.5 Å². The van der Waals surface area contributed by atoms with E-state index in [0.717, 1.165) is 25.7 Å². The van der Waals surface area contributed by atoms with Crippen molar-refractivity contribution in [2.24, 2.45) is 4.99 Å². The van der Waals surface area contributed by atoms with Crippen molar-refractivity contribution < 1.29 is 24.1 Å². The van der Waals surface area contributed by atoms with Crippen LogP contribution in [0.25, 0.3) is 0 Å². The standard InChI is InChI=1S/C15H25NO5/c1-4-5-6-7-10-16-11-12(17)13(20-14(11)19-10)9-8-18-15(2,3)21-9/h9,11-14,17H,4-8H2,1-3H3/t9-,11-,12-,13-,14+/m1/s1. The fourth-order valence-corrected chi connectivity index (χ4v) is 3.07. The highest BCUT2D eigenvalue weighted by Crippen LogP contribution is 2.36. The molecule has 2 saturated heterocycles. The Labute approximate surface area is 125 Å². The van der Waals surface area contributed by atoms with Crippen molar-refractivity contribution in [3.05, 3.63) is 0 Å². The minimum Gasteiger partial charge on any atom is -0.450 e. The normalized spacial score (nSPS) is 41.0. The number of aliphatic imine (C=N–C) groups is 1. The van der Waals surface area contributed by atoms with Crippen LogP contribution in [0, 0.1) is 0 Å². The van der Waals surface area contributed by atoms with E-state index in [1.165, 1.54) is 0 Å². The van der Waals surface area contributed by atoms with Gasteiger partial charge in [-0.2, -0.15) is 0 Å². The summed E-state index contributed by atoms with van der Waals surface area (Å²) in [6, 6.07) is -0.334. The summed E-state index contributed by atoms with van der Waals surface area (Å²) in [5, 5.41) is 10.4. The molecule has 21 heavy (non-hydrogen) atoms. The minimum atomic E-state index is -0.707. The molecule has 0 aromatic heterocycles. The highest BCUT2D eigenvalue weighted by molar-refractivity contribution is 5.78. The largest absolute Gasteiger partial charge is 0.450 e. The van der Waals surface area contributed by atoms with Gasteiger partial charge in [0, 0.05) is 6.42 Å². The van der Waals surface area contributed by atoms with Crippen LogP contribution < -0.4 is 0 Å². The molecule has 0 bridgehead atoms. The van der Waals surface area contributed by atoms with Crippen molar-refractivity contribution in [3.8, 4) is 0 Å². The van der Waals surface area contributed by atoms with Crippen molar-refractivity contribution in [3.63, 3.8) is 0 Å². The van der Waals surface area contributed by atoms with Gasteiger partial charge in [-0.25, -0.2) is 4.99 Å². The molecule has 0 amide bonds. The molecule has 120 valence electrons. The lowest BCUT2D eigenvalue weighted by atomic mass is 10.1. The van der Waals surface area contributed by atoms with Gasteiger partial charge < -0.3 is 24.1 Å². The van der Waals surface area contributed by atoms with E-state index < -0.39 is 24.3 Å². The van der Waals surface area contributed by atoms with Crippen molar-refractivity contribution in [1.29, 1.82) is 0 Å². The van der Waals surface area contributed by atoms with Crippen molar-refractivity contribution in [2.75, 3.05) is 6.61 Å². The van der Waals surface area contributed by atoms with E-state index in [1.807, 2.05) is 13.8 Å². The number of hydrogen-bond acceptors (Lipinski definition) is 6. The van der Waals surface area contributed by atoms with E-state index in [4.69, 9.17) is 18.9 Å². The Morgan fingerprint density at radius 2 is 2.14 bits per heavy atom. The highest BCUT2D eigenvalue weighted by atomic mass is 16.8. The number of ether oxygens (including phenoxy) is 4. The van der Waals surface area contributed by atoms with Crippen LogP contribution in [-0.2, 0) is 18.9 Å². The van der Waals surface area contributed by atoms with Crippen LogP contribution in [0.4, 0.5) is 0 Å². The molecule has 0 aromatic carbocycles. The van der Waals surface area contributed by atoms with Gasteiger partial charge in [0.2, 0.25) is 6.29 Å². The number of aliphatic hydroxyl groups excluding tert-OH is 1. The Kier molecular flexibility index (Phi) is 4.23. The molecule has 3 heterocycles. The van der Waals surface area contributed by atoms with Crippen LogP contribution in [0.2, 0.25) is 0 Å². The average Bonchev–Trinajstić information content (AvgIpc) is 3.05. The zero-order valence-electron chi connectivity index (χ0n) is 12.9. The molecular formula is C15H25NO5. The van der Waals surface area contributed by atoms with Crippen LogP contribution in [0.5, 0.6) is 0 Å². The number of hydrogen-bond donors (Lipinski definition) is 1. The lowest BCUT2D eigenvalue weighted by Gasteiger charge is -2.23. The lowest BCUT2D eigenvalue weighted by Crippen LogP contribution is -2.40. The topological polar surface area (TPSA) is 69.5 Å². The van der Waals surface area contributed by atoms with Gasteiger partial charge in [0.1, 0.15) is 24.4 Å². The molecule has 5 atom stereocenters. The number of aliphatic hydroxyl groups is 1. The average molecular weight is 299 g/mol. The third kappa shape index (κ3) is 3.08. The van der Waals surface area contributed by atoms with Crippen molar-refractivity contribution >= 4 is 5.90 Å². The maximum atomic E-state index is 10.4. The number of nitrogens with zero attached hydrogens (tertiary/aromatic N) is 1. The first-order valence-electron chi connectivity index (χ1n) is 7.89. The summed E-state index contributed by atoms with van der Waals surface area (Å²) >= 11 is 0. The van der Waals surface area contributed by atoms with E-state index in [9.17, 15) is 5.11 Å². The predicted octanol–water partition coefficient (Wildman–Crippen LogP) is 1.60. The second-order valence-electron chi connectivity index (χ2n) is 6.42. The first-order chi connectivity index (χ1) is 10.00.